The lowest BCUT2D eigenvalue weighted by atomic mass is 10.0. The van der Waals surface area contributed by atoms with Crippen molar-refractivity contribution in [3.63, 3.8) is 0 Å². The molecule has 1 aromatic carbocycles. The molecule has 10 heteroatoms. The minimum Gasteiger partial charge on any atom is -0.497 e. The molecular weight excluding hydrogens is 504 g/mol. The van der Waals surface area contributed by atoms with Crippen LogP contribution < -0.4 is 15.4 Å². The zero-order valence-corrected chi connectivity index (χ0v) is 25.0. The molecule has 0 aliphatic heterocycles. The summed E-state index contributed by atoms with van der Waals surface area (Å²) >= 11 is 0. The van der Waals surface area contributed by atoms with Crippen LogP contribution >= 0.6 is 0 Å². The maximum absolute atomic E-state index is 13.2. The third kappa shape index (κ3) is 13.4. The minimum absolute atomic E-state index is 0.321. The van der Waals surface area contributed by atoms with E-state index in [1.165, 1.54) is 6.92 Å². The van der Waals surface area contributed by atoms with Crippen molar-refractivity contribution in [2.24, 2.45) is 5.92 Å². The molecule has 0 saturated carbocycles. The molecule has 1 rings (SSSR count). The molecule has 0 unspecified atom stereocenters. The monoisotopic (exact) mass is 550 g/mol. The van der Waals surface area contributed by atoms with Crippen LogP contribution in [-0.2, 0) is 35.0 Å². The SMILES string of the molecule is COc1ccc(CCC[C@H](NC(=O)[C@@H](OC(=O)[C@H](C)NC(=O)OC(C)(C)C)C(C)C)C(=O)OC(C)(C)C)cc1. The van der Waals surface area contributed by atoms with Crippen LogP contribution in [0.4, 0.5) is 4.79 Å². The van der Waals surface area contributed by atoms with Gasteiger partial charge in [0.2, 0.25) is 0 Å². The summed E-state index contributed by atoms with van der Waals surface area (Å²) in [5.74, 6) is -1.64. The zero-order chi connectivity index (χ0) is 30.0. The van der Waals surface area contributed by atoms with Gasteiger partial charge in [-0.2, -0.15) is 0 Å². The quantitative estimate of drug-likeness (QED) is 0.291. The van der Waals surface area contributed by atoms with Gasteiger partial charge < -0.3 is 29.6 Å². The van der Waals surface area contributed by atoms with Crippen LogP contribution in [0.1, 0.15) is 80.7 Å². The van der Waals surface area contributed by atoms with E-state index in [0.717, 1.165) is 11.3 Å². The Morgan fingerprint density at radius 2 is 1.38 bits per heavy atom. The standard InChI is InChI=1S/C29H46N2O8/c1-18(2)23(37-25(33)19(3)30-27(35)39-29(7,8)9)24(32)31-22(26(34)38-28(4,5)6)13-11-12-20-14-16-21(36-10)17-15-20/h14-19,22-23H,11-13H2,1-10H3,(H,30,35)(H,31,32)/t19-,22-,23-/m0/s1. The van der Waals surface area contributed by atoms with Crippen LogP contribution in [-0.4, -0.2) is 60.4 Å². The molecule has 39 heavy (non-hydrogen) atoms. The lowest BCUT2D eigenvalue weighted by Crippen LogP contribution is -2.51. The van der Waals surface area contributed by atoms with Crippen molar-refractivity contribution in [3.8, 4) is 5.75 Å². The zero-order valence-electron chi connectivity index (χ0n) is 25.0. The first-order valence-corrected chi connectivity index (χ1v) is 13.3. The van der Waals surface area contributed by atoms with E-state index in [1.807, 2.05) is 24.3 Å². The number of methoxy groups -OCH3 is 1. The van der Waals surface area contributed by atoms with Gasteiger partial charge in [-0.3, -0.25) is 4.79 Å². The molecule has 2 amide bonds. The number of alkyl carbamates (subject to hydrolysis) is 1. The number of amides is 2. The Morgan fingerprint density at radius 1 is 0.821 bits per heavy atom. The smallest absolute Gasteiger partial charge is 0.408 e. The van der Waals surface area contributed by atoms with Gasteiger partial charge in [0.25, 0.3) is 5.91 Å². The van der Waals surface area contributed by atoms with Crippen LogP contribution in [0.15, 0.2) is 24.3 Å². The number of rotatable bonds is 12. The highest BCUT2D eigenvalue weighted by Gasteiger charge is 2.34. The molecule has 220 valence electrons. The van der Waals surface area contributed by atoms with Gasteiger partial charge in [-0.15, -0.1) is 0 Å². The summed E-state index contributed by atoms with van der Waals surface area (Å²) in [6, 6.07) is 5.62. The molecule has 2 N–H and O–H groups in total. The predicted molar refractivity (Wildman–Crippen MR) is 147 cm³/mol. The number of hydrogen-bond donors (Lipinski definition) is 2. The number of nitrogens with one attached hydrogen (secondary N) is 2. The molecule has 1 aromatic rings. The van der Waals surface area contributed by atoms with E-state index in [2.05, 4.69) is 10.6 Å². The first-order chi connectivity index (χ1) is 17.9. The minimum atomic E-state index is -1.19. The lowest BCUT2D eigenvalue weighted by Gasteiger charge is -2.28. The van der Waals surface area contributed by atoms with Gasteiger partial charge in [-0.05, 0) is 91.3 Å². The first kappa shape index (κ1) is 33.7. The second-order valence-corrected chi connectivity index (χ2v) is 11.8. The van der Waals surface area contributed by atoms with E-state index in [9.17, 15) is 19.2 Å². The topological polar surface area (TPSA) is 129 Å². The molecular formula is C29H46N2O8. The van der Waals surface area contributed by atoms with Crippen LogP contribution in [0.3, 0.4) is 0 Å². The van der Waals surface area contributed by atoms with Gasteiger partial charge >= 0.3 is 18.0 Å². The Hall–Kier alpha value is -3.30. The number of aryl methyl sites for hydroxylation is 1. The van der Waals surface area contributed by atoms with Crippen LogP contribution in [0, 0.1) is 5.92 Å². The van der Waals surface area contributed by atoms with Crippen molar-refractivity contribution in [1.82, 2.24) is 10.6 Å². The molecule has 3 atom stereocenters. The molecule has 0 spiro atoms. The number of benzene rings is 1. The maximum atomic E-state index is 13.2. The summed E-state index contributed by atoms with van der Waals surface area (Å²) in [6.45, 7) is 15.2. The van der Waals surface area contributed by atoms with Crippen LogP contribution in [0.5, 0.6) is 5.75 Å². The summed E-state index contributed by atoms with van der Waals surface area (Å²) in [6.07, 6.45) is -0.372. The van der Waals surface area contributed by atoms with Crippen molar-refractivity contribution in [2.45, 2.75) is 111 Å². The Balaban J connectivity index is 2.90. The normalized spacial score (nSPS) is 14.0. The highest BCUT2D eigenvalue weighted by Crippen LogP contribution is 2.17. The molecule has 0 saturated heterocycles. The first-order valence-electron chi connectivity index (χ1n) is 13.3. The third-order valence-corrected chi connectivity index (χ3v) is 5.32. The molecule has 0 bridgehead atoms. The van der Waals surface area contributed by atoms with Crippen LogP contribution in [0.2, 0.25) is 0 Å². The maximum Gasteiger partial charge on any atom is 0.408 e. The van der Waals surface area contributed by atoms with Gasteiger partial charge in [-0.25, -0.2) is 14.4 Å². The van der Waals surface area contributed by atoms with E-state index in [0.29, 0.717) is 19.3 Å². The Labute approximate surface area is 232 Å². The van der Waals surface area contributed by atoms with E-state index in [-0.39, 0.29) is 0 Å². The van der Waals surface area contributed by atoms with Gasteiger partial charge in [0.05, 0.1) is 7.11 Å². The van der Waals surface area contributed by atoms with Crippen molar-refractivity contribution < 1.29 is 38.1 Å². The molecule has 10 nitrogen and oxygen atoms in total. The van der Waals surface area contributed by atoms with E-state index in [4.69, 9.17) is 18.9 Å². The number of ether oxygens (including phenoxy) is 4. The molecule has 0 aromatic heterocycles. The van der Waals surface area contributed by atoms with Crippen molar-refractivity contribution >= 4 is 23.9 Å². The fourth-order valence-electron chi connectivity index (χ4n) is 3.44. The van der Waals surface area contributed by atoms with Crippen molar-refractivity contribution in [1.29, 1.82) is 0 Å². The molecule has 0 radical (unpaired) electrons. The highest BCUT2D eigenvalue weighted by molar-refractivity contribution is 5.89. The molecule has 0 aliphatic rings. The second-order valence-electron chi connectivity index (χ2n) is 11.8. The fourth-order valence-corrected chi connectivity index (χ4v) is 3.44. The average Bonchev–Trinajstić information content (AvgIpc) is 2.79. The number of carbonyl (C=O) groups is 4. The third-order valence-electron chi connectivity index (χ3n) is 5.32. The highest BCUT2D eigenvalue weighted by atomic mass is 16.6. The van der Waals surface area contributed by atoms with E-state index in [1.54, 1.807) is 62.5 Å². The summed E-state index contributed by atoms with van der Waals surface area (Å²) in [4.78, 5) is 50.9. The predicted octanol–water partition coefficient (Wildman–Crippen LogP) is 4.33. The summed E-state index contributed by atoms with van der Waals surface area (Å²) in [7, 11) is 1.60. The largest absolute Gasteiger partial charge is 0.497 e. The van der Waals surface area contributed by atoms with Crippen molar-refractivity contribution in [2.75, 3.05) is 7.11 Å². The number of carbonyl (C=O) groups excluding carboxylic acids is 4. The van der Waals surface area contributed by atoms with Gasteiger partial charge in [-0.1, -0.05) is 26.0 Å². The average molecular weight is 551 g/mol. The molecule has 0 fully saturated rings. The Morgan fingerprint density at radius 3 is 1.87 bits per heavy atom. The summed E-state index contributed by atoms with van der Waals surface area (Å²) < 4.78 is 21.3. The van der Waals surface area contributed by atoms with E-state index >= 15 is 0 Å². The van der Waals surface area contributed by atoms with Crippen LogP contribution in [0.25, 0.3) is 0 Å². The molecule has 0 heterocycles. The second kappa shape index (κ2) is 14.7. The van der Waals surface area contributed by atoms with Gasteiger partial charge in [0, 0.05) is 0 Å². The Kier molecular flexibility index (Phi) is 12.8. The Bertz CT molecular complexity index is 961. The lowest BCUT2D eigenvalue weighted by molar-refractivity contribution is -0.163. The van der Waals surface area contributed by atoms with Gasteiger partial charge in [0.15, 0.2) is 6.10 Å². The van der Waals surface area contributed by atoms with E-state index < -0.39 is 59.2 Å². The van der Waals surface area contributed by atoms with Gasteiger partial charge in [0.1, 0.15) is 29.0 Å². The summed E-state index contributed by atoms with van der Waals surface area (Å²) in [5.41, 5.74) is -0.425. The summed E-state index contributed by atoms with van der Waals surface area (Å²) in [5, 5.41) is 5.12. The fraction of sp³-hybridized carbons (Fsp3) is 0.655. The number of hydrogen-bond acceptors (Lipinski definition) is 8. The number of esters is 2. The van der Waals surface area contributed by atoms with Crippen molar-refractivity contribution in [3.05, 3.63) is 29.8 Å². The molecule has 0 aliphatic carbocycles.